The first kappa shape index (κ1) is 13.8. The topological polar surface area (TPSA) is 45.4 Å². The van der Waals surface area contributed by atoms with E-state index < -0.39 is 0 Å². The van der Waals surface area contributed by atoms with Crippen molar-refractivity contribution in [3.05, 3.63) is 59.8 Å². The van der Waals surface area contributed by atoms with Gasteiger partial charge in [0.05, 0.1) is 18.9 Å². The van der Waals surface area contributed by atoms with E-state index in [4.69, 9.17) is 4.42 Å². The zero-order valence-corrected chi connectivity index (χ0v) is 10.8. The molecule has 0 bridgehead atoms. The molecule has 0 unspecified atom stereocenters. The fourth-order valence-corrected chi connectivity index (χ4v) is 2.14. The van der Waals surface area contributed by atoms with Crippen molar-refractivity contribution in [2.24, 2.45) is 0 Å². The number of rotatable bonds is 6. The van der Waals surface area contributed by atoms with Gasteiger partial charge in [0, 0.05) is 11.6 Å². The summed E-state index contributed by atoms with van der Waals surface area (Å²) in [5, 5.41) is 12.7. The molecule has 2 rings (SSSR count). The number of hydrogen-bond donors (Lipinski definition) is 2. The monoisotopic (exact) mass is 263 g/mol. The first-order valence-electron chi connectivity index (χ1n) is 6.41. The van der Waals surface area contributed by atoms with Crippen LogP contribution in [0.2, 0.25) is 0 Å². The lowest BCUT2D eigenvalue weighted by molar-refractivity contribution is 0.213. The number of aliphatic hydroxyl groups is 1. The average Bonchev–Trinajstić information content (AvgIpc) is 2.95. The van der Waals surface area contributed by atoms with Crippen molar-refractivity contribution in [1.29, 1.82) is 0 Å². The molecule has 1 aromatic heterocycles. The fraction of sp³-hybridized carbons (Fsp3) is 0.333. The van der Waals surface area contributed by atoms with Crippen LogP contribution in [0.4, 0.5) is 4.39 Å². The summed E-state index contributed by atoms with van der Waals surface area (Å²) in [6.45, 7) is 1.87. The van der Waals surface area contributed by atoms with Gasteiger partial charge in [0.1, 0.15) is 11.6 Å². The molecule has 0 aliphatic carbocycles. The van der Waals surface area contributed by atoms with E-state index in [1.807, 2.05) is 13.0 Å². The molecule has 0 radical (unpaired) electrons. The molecule has 3 nitrogen and oxygen atoms in total. The van der Waals surface area contributed by atoms with Gasteiger partial charge >= 0.3 is 0 Å². The largest absolute Gasteiger partial charge is 0.468 e. The number of benzene rings is 1. The lowest BCUT2D eigenvalue weighted by Gasteiger charge is -2.23. The minimum absolute atomic E-state index is 0.0987. The molecule has 1 heterocycles. The molecular weight excluding hydrogens is 245 g/mol. The summed E-state index contributed by atoms with van der Waals surface area (Å²) in [4.78, 5) is 0. The van der Waals surface area contributed by atoms with Gasteiger partial charge in [-0.15, -0.1) is 0 Å². The second-order valence-corrected chi connectivity index (χ2v) is 4.40. The SMILES string of the molecule is CC[C@@H](N[C@@H](CO)c1ccco1)c1ccccc1F. The highest BCUT2D eigenvalue weighted by Crippen LogP contribution is 2.24. The van der Waals surface area contributed by atoms with Crippen LogP contribution in [0, 0.1) is 5.82 Å². The van der Waals surface area contributed by atoms with Gasteiger partial charge in [-0.05, 0) is 24.6 Å². The Balaban J connectivity index is 2.17. The zero-order valence-electron chi connectivity index (χ0n) is 10.8. The van der Waals surface area contributed by atoms with E-state index >= 15 is 0 Å². The Morgan fingerprint density at radius 2 is 2.00 bits per heavy atom. The fourth-order valence-electron chi connectivity index (χ4n) is 2.14. The highest BCUT2D eigenvalue weighted by Gasteiger charge is 2.20. The third-order valence-corrected chi connectivity index (χ3v) is 3.16. The van der Waals surface area contributed by atoms with Crippen LogP contribution in [-0.2, 0) is 0 Å². The Morgan fingerprint density at radius 1 is 1.21 bits per heavy atom. The molecular formula is C15H18FNO2. The normalized spacial score (nSPS) is 14.3. The first-order chi connectivity index (χ1) is 9.26. The Morgan fingerprint density at radius 3 is 2.58 bits per heavy atom. The molecule has 102 valence electrons. The summed E-state index contributed by atoms with van der Waals surface area (Å²) in [6.07, 6.45) is 2.28. The second kappa shape index (κ2) is 6.50. The number of furan rings is 1. The van der Waals surface area contributed by atoms with E-state index in [1.165, 1.54) is 6.07 Å². The number of nitrogens with one attached hydrogen (secondary N) is 1. The van der Waals surface area contributed by atoms with Crippen LogP contribution in [0.3, 0.4) is 0 Å². The number of hydrogen-bond acceptors (Lipinski definition) is 3. The Labute approximate surface area is 112 Å². The molecule has 0 fully saturated rings. The van der Waals surface area contributed by atoms with Crippen molar-refractivity contribution in [1.82, 2.24) is 5.32 Å². The summed E-state index contributed by atoms with van der Waals surface area (Å²) in [5.41, 5.74) is 0.606. The highest BCUT2D eigenvalue weighted by atomic mass is 19.1. The van der Waals surface area contributed by atoms with Gasteiger partial charge in [0.15, 0.2) is 0 Å². The summed E-state index contributed by atoms with van der Waals surface area (Å²) in [6, 6.07) is 9.74. The van der Waals surface area contributed by atoms with Gasteiger partial charge in [0.25, 0.3) is 0 Å². The third-order valence-electron chi connectivity index (χ3n) is 3.16. The van der Waals surface area contributed by atoms with Crippen LogP contribution in [0.5, 0.6) is 0 Å². The van der Waals surface area contributed by atoms with Crippen LogP contribution in [0.25, 0.3) is 0 Å². The predicted octanol–water partition coefficient (Wildman–Crippen LogP) is 3.19. The van der Waals surface area contributed by atoms with Gasteiger partial charge in [-0.2, -0.15) is 0 Å². The van der Waals surface area contributed by atoms with E-state index in [0.29, 0.717) is 11.3 Å². The summed E-state index contributed by atoms with van der Waals surface area (Å²) in [5.74, 6) is 0.412. The van der Waals surface area contributed by atoms with Crippen molar-refractivity contribution < 1.29 is 13.9 Å². The van der Waals surface area contributed by atoms with Gasteiger partial charge in [-0.25, -0.2) is 4.39 Å². The number of aliphatic hydroxyl groups excluding tert-OH is 1. The smallest absolute Gasteiger partial charge is 0.127 e. The molecule has 0 amide bonds. The van der Waals surface area contributed by atoms with Crippen LogP contribution < -0.4 is 5.32 Å². The molecule has 2 atom stereocenters. The van der Waals surface area contributed by atoms with Crippen molar-refractivity contribution in [2.75, 3.05) is 6.61 Å². The van der Waals surface area contributed by atoms with Crippen LogP contribution >= 0.6 is 0 Å². The lowest BCUT2D eigenvalue weighted by Crippen LogP contribution is -2.28. The molecule has 0 spiro atoms. The molecule has 0 saturated carbocycles. The standard InChI is InChI=1S/C15H18FNO2/c1-2-13(11-6-3-4-7-12(11)16)17-14(10-18)15-8-5-9-19-15/h3-9,13-14,17-18H,2,10H2,1H3/t13-,14+/m1/s1. The van der Waals surface area contributed by atoms with Crippen LogP contribution in [-0.4, -0.2) is 11.7 Å². The molecule has 2 aromatic rings. The Kier molecular flexibility index (Phi) is 4.71. The summed E-state index contributed by atoms with van der Waals surface area (Å²) >= 11 is 0. The second-order valence-electron chi connectivity index (χ2n) is 4.40. The Hall–Kier alpha value is -1.65. The molecule has 0 saturated heterocycles. The molecule has 0 aliphatic heterocycles. The molecule has 4 heteroatoms. The van der Waals surface area contributed by atoms with Gasteiger partial charge < -0.3 is 9.52 Å². The predicted molar refractivity (Wildman–Crippen MR) is 71.1 cm³/mol. The molecule has 19 heavy (non-hydrogen) atoms. The van der Waals surface area contributed by atoms with Crippen LogP contribution in [0.15, 0.2) is 47.1 Å². The number of halogens is 1. The molecule has 2 N–H and O–H groups in total. The van der Waals surface area contributed by atoms with Crippen LogP contribution in [0.1, 0.15) is 36.8 Å². The van der Waals surface area contributed by atoms with E-state index in [2.05, 4.69) is 5.32 Å². The van der Waals surface area contributed by atoms with Crippen molar-refractivity contribution in [2.45, 2.75) is 25.4 Å². The van der Waals surface area contributed by atoms with E-state index in [1.54, 1.807) is 30.5 Å². The van der Waals surface area contributed by atoms with E-state index in [-0.39, 0.29) is 24.5 Å². The Bertz CT molecular complexity index is 499. The van der Waals surface area contributed by atoms with E-state index in [0.717, 1.165) is 6.42 Å². The van der Waals surface area contributed by atoms with Crippen molar-refractivity contribution >= 4 is 0 Å². The summed E-state index contributed by atoms with van der Waals surface area (Å²) in [7, 11) is 0. The first-order valence-corrected chi connectivity index (χ1v) is 6.41. The van der Waals surface area contributed by atoms with Crippen molar-refractivity contribution in [3.63, 3.8) is 0 Å². The third kappa shape index (κ3) is 3.22. The minimum Gasteiger partial charge on any atom is -0.468 e. The zero-order chi connectivity index (χ0) is 13.7. The lowest BCUT2D eigenvalue weighted by atomic mass is 10.0. The van der Waals surface area contributed by atoms with Gasteiger partial charge in [0.2, 0.25) is 0 Å². The summed E-state index contributed by atoms with van der Waals surface area (Å²) < 4.78 is 19.1. The highest BCUT2D eigenvalue weighted by molar-refractivity contribution is 5.21. The molecule has 1 aromatic carbocycles. The van der Waals surface area contributed by atoms with Gasteiger partial charge in [-0.3, -0.25) is 5.32 Å². The maximum absolute atomic E-state index is 13.8. The maximum atomic E-state index is 13.8. The average molecular weight is 263 g/mol. The van der Waals surface area contributed by atoms with E-state index in [9.17, 15) is 9.50 Å². The quantitative estimate of drug-likeness (QED) is 0.841. The van der Waals surface area contributed by atoms with Crippen molar-refractivity contribution in [3.8, 4) is 0 Å². The van der Waals surface area contributed by atoms with Gasteiger partial charge in [-0.1, -0.05) is 25.1 Å². The molecule has 0 aliphatic rings. The maximum Gasteiger partial charge on any atom is 0.127 e. The minimum atomic E-state index is -0.334.